The van der Waals surface area contributed by atoms with Crippen LogP contribution in [0.25, 0.3) is 0 Å². The van der Waals surface area contributed by atoms with Crippen molar-refractivity contribution in [3.63, 3.8) is 0 Å². The lowest BCUT2D eigenvalue weighted by atomic mass is 10.1. The third kappa shape index (κ3) is 2.56. The second-order valence-corrected chi connectivity index (χ2v) is 3.60. The van der Waals surface area contributed by atoms with Crippen molar-refractivity contribution >= 4 is 5.82 Å². The van der Waals surface area contributed by atoms with Crippen LogP contribution < -0.4 is 5.73 Å². The first-order valence-corrected chi connectivity index (χ1v) is 4.95. The second kappa shape index (κ2) is 4.13. The Balaban J connectivity index is 2.05. The van der Waals surface area contributed by atoms with Crippen LogP contribution >= 0.6 is 0 Å². The molecule has 0 radical (unpaired) electrons. The Labute approximate surface area is 88.6 Å². The maximum Gasteiger partial charge on any atom is 0.123 e. The van der Waals surface area contributed by atoms with E-state index >= 15 is 0 Å². The number of nitrogens with zero attached hydrogens (tertiary/aromatic N) is 2. The minimum absolute atomic E-state index is 0.587. The van der Waals surface area contributed by atoms with Crippen LogP contribution in [0.15, 0.2) is 24.5 Å². The zero-order valence-electron chi connectivity index (χ0n) is 8.70. The Kier molecular flexibility index (Phi) is 2.67. The molecule has 0 bridgehead atoms. The van der Waals surface area contributed by atoms with Crippen LogP contribution in [0.3, 0.4) is 0 Å². The number of nitrogen functional groups attached to an aromatic ring is 1. The van der Waals surface area contributed by atoms with Gasteiger partial charge in [-0.05, 0) is 31.0 Å². The largest absolute Gasteiger partial charge is 0.384 e. The molecular weight excluding hydrogens is 188 g/mol. The third-order valence-corrected chi connectivity index (χ3v) is 2.22. The Bertz CT molecular complexity index is 414. The van der Waals surface area contributed by atoms with Gasteiger partial charge in [-0.1, -0.05) is 0 Å². The van der Waals surface area contributed by atoms with Crippen LogP contribution in [0.5, 0.6) is 0 Å². The van der Waals surface area contributed by atoms with E-state index in [4.69, 9.17) is 5.73 Å². The lowest BCUT2D eigenvalue weighted by Gasteiger charge is -2.02. The van der Waals surface area contributed by atoms with E-state index in [9.17, 15) is 0 Å². The summed E-state index contributed by atoms with van der Waals surface area (Å²) in [5.74, 6) is 1.57. The molecule has 0 atom stereocenters. The Hall–Kier alpha value is -1.84. The standard InChI is InChI=1S/C11H14N4/c1-8-6-9(15-10(12)7-8)2-3-11-13-4-5-14-11/h4-7H,2-3H2,1H3,(H2,12,15)(H,13,14). The quantitative estimate of drug-likeness (QED) is 0.792. The molecule has 2 heterocycles. The first-order valence-electron chi connectivity index (χ1n) is 4.95. The Morgan fingerprint density at radius 1 is 1.33 bits per heavy atom. The average molecular weight is 202 g/mol. The molecule has 0 saturated heterocycles. The molecule has 0 saturated carbocycles. The number of aromatic nitrogens is 3. The average Bonchev–Trinajstić information content (AvgIpc) is 2.65. The molecule has 0 unspecified atom stereocenters. The molecule has 0 fully saturated rings. The predicted molar refractivity (Wildman–Crippen MR) is 59.4 cm³/mol. The molecule has 2 aromatic heterocycles. The summed E-state index contributed by atoms with van der Waals surface area (Å²) >= 11 is 0. The molecule has 0 aliphatic carbocycles. The highest BCUT2D eigenvalue weighted by molar-refractivity contribution is 5.34. The van der Waals surface area contributed by atoms with Gasteiger partial charge in [-0.25, -0.2) is 9.97 Å². The highest BCUT2D eigenvalue weighted by Crippen LogP contribution is 2.08. The first-order chi connectivity index (χ1) is 7.24. The molecule has 0 aliphatic heterocycles. The van der Waals surface area contributed by atoms with Crippen LogP contribution in [-0.4, -0.2) is 15.0 Å². The molecule has 15 heavy (non-hydrogen) atoms. The number of anilines is 1. The molecule has 0 aromatic carbocycles. The summed E-state index contributed by atoms with van der Waals surface area (Å²) < 4.78 is 0. The fraction of sp³-hybridized carbons (Fsp3) is 0.273. The van der Waals surface area contributed by atoms with E-state index in [2.05, 4.69) is 21.0 Å². The van der Waals surface area contributed by atoms with E-state index in [1.165, 1.54) is 0 Å². The van der Waals surface area contributed by atoms with Gasteiger partial charge >= 0.3 is 0 Å². The minimum Gasteiger partial charge on any atom is -0.384 e. The van der Waals surface area contributed by atoms with Crippen molar-refractivity contribution in [1.82, 2.24) is 15.0 Å². The topological polar surface area (TPSA) is 67.6 Å². The van der Waals surface area contributed by atoms with Crippen LogP contribution in [0.2, 0.25) is 0 Å². The molecular formula is C11H14N4. The van der Waals surface area contributed by atoms with E-state index in [1.54, 1.807) is 6.20 Å². The van der Waals surface area contributed by atoms with Crippen molar-refractivity contribution in [1.29, 1.82) is 0 Å². The normalized spacial score (nSPS) is 10.5. The van der Waals surface area contributed by atoms with Gasteiger partial charge in [-0.2, -0.15) is 0 Å². The zero-order chi connectivity index (χ0) is 10.7. The van der Waals surface area contributed by atoms with Crippen molar-refractivity contribution in [2.24, 2.45) is 0 Å². The van der Waals surface area contributed by atoms with Crippen LogP contribution in [-0.2, 0) is 12.8 Å². The van der Waals surface area contributed by atoms with E-state index < -0.39 is 0 Å². The summed E-state index contributed by atoms with van der Waals surface area (Å²) in [7, 11) is 0. The molecule has 0 amide bonds. The van der Waals surface area contributed by atoms with Crippen molar-refractivity contribution < 1.29 is 0 Å². The fourth-order valence-corrected chi connectivity index (χ4v) is 1.58. The number of pyridine rings is 1. The van der Waals surface area contributed by atoms with Gasteiger partial charge in [0.2, 0.25) is 0 Å². The van der Waals surface area contributed by atoms with Gasteiger partial charge in [0.15, 0.2) is 0 Å². The summed E-state index contributed by atoms with van der Waals surface area (Å²) in [5, 5.41) is 0. The zero-order valence-corrected chi connectivity index (χ0v) is 8.70. The van der Waals surface area contributed by atoms with Gasteiger partial charge in [0.05, 0.1) is 0 Å². The summed E-state index contributed by atoms with van der Waals surface area (Å²) in [4.78, 5) is 11.5. The molecule has 2 rings (SSSR count). The van der Waals surface area contributed by atoms with Gasteiger partial charge in [-0.3, -0.25) is 0 Å². The summed E-state index contributed by atoms with van der Waals surface area (Å²) in [6.07, 6.45) is 5.31. The number of nitrogens with one attached hydrogen (secondary N) is 1. The molecule has 4 heteroatoms. The third-order valence-electron chi connectivity index (χ3n) is 2.22. The van der Waals surface area contributed by atoms with Crippen LogP contribution in [0.4, 0.5) is 5.82 Å². The number of aryl methyl sites for hydroxylation is 3. The van der Waals surface area contributed by atoms with E-state index in [-0.39, 0.29) is 0 Å². The number of nitrogens with two attached hydrogens (primary N) is 1. The number of hydrogen-bond acceptors (Lipinski definition) is 3. The number of hydrogen-bond donors (Lipinski definition) is 2. The molecule has 2 aromatic rings. The number of rotatable bonds is 3. The van der Waals surface area contributed by atoms with Crippen LogP contribution in [0, 0.1) is 6.92 Å². The Morgan fingerprint density at radius 3 is 2.87 bits per heavy atom. The number of H-pyrrole nitrogens is 1. The SMILES string of the molecule is Cc1cc(N)nc(CCc2ncc[nH]2)c1. The molecule has 0 aliphatic rings. The highest BCUT2D eigenvalue weighted by Gasteiger charge is 2.00. The molecule has 0 spiro atoms. The van der Waals surface area contributed by atoms with Crippen molar-refractivity contribution in [2.45, 2.75) is 19.8 Å². The van der Waals surface area contributed by atoms with Gasteiger partial charge in [0.25, 0.3) is 0 Å². The summed E-state index contributed by atoms with van der Waals surface area (Å²) in [5.41, 5.74) is 7.84. The predicted octanol–water partition coefficient (Wildman–Crippen LogP) is 1.48. The monoisotopic (exact) mass is 202 g/mol. The lowest BCUT2D eigenvalue weighted by molar-refractivity contribution is 0.856. The van der Waals surface area contributed by atoms with E-state index in [1.807, 2.05) is 19.2 Å². The first kappa shape index (κ1) is 9.71. The lowest BCUT2D eigenvalue weighted by Crippen LogP contribution is -2.00. The maximum atomic E-state index is 5.67. The number of aromatic amines is 1. The van der Waals surface area contributed by atoms with Crippen molar-refractivity contribution in [3.05, 3.63) is 41.6 Å². The second-order valence-electron chi connectivity index (χ2n) is 3.60. The van der Waals surface area contributed by atoms with Gasteiger partial charge in [-0.15, -0.1) is 0 Å². The summed E-state index contributed by atoms with van der Waals surface area (Å²) in [6.45, 7) is 2.02. The molecule has 4 nitrogen and oxygen atoms in total. The molecule has 78 valence electrons. The van der Waals surface area contributed by atoms with Crippen LogP contribution in [0.1, 0.15) is 17.1 Å². The molecule has 3 N–H and O–H groups in total. The van der Waals surface area contributed by atoms with Gasteiger partial charge < -0.3 is 10.7 Å². The van der Waals surface area contributed by atoms with Gasteiger partial charge in [0.1, 0.15) is 11.6 Å². The van der Waals surface area contributed by atoms with E-state index in [0.717, 1.165) is 29.9 Å². The van der Waals surface area contributed by atoms with Crippen molar-refractivity contribution in [3.8, 4) is 0 Å². The van der Waals surface area contributed by atoms with E-state index in [0.29, 0.717) is 5.82 Å². The Morgan fingerprint density at radius 2 is 2.20 bits per heavy atom. The summed E-state index contributed by atoms with van der Waals surface area (Å²) in [6, 6.07) is 3.93. The fourth-order valence-electron chi connectivity index (χ4n) is 1.58. The van der Waals surface area contributed by atoms with Gasteiger partial charge in [0, 0.05) is 24.5 Å². The smallest absolute Gasteiger partial charge is 0.123 e. The van der Waals surface area contributed by atoms with Crippen molar-refractivity contribution in [2.75, 3.05) is 5.73 Å². The minimum atomic E-state index is 0.587. The maximum absolute atomic E-state index is 5.67. The number of imidazole rings is 1. The highest BCUT2D eigenvalue weighted by atomic mass is 14.9.